The van der Waals surface area contributed by atoms with E-state index < -0.39 is 0 Å². The molecule has 0 aliphatic carbocycles. The van der Waals surface area contributed by atoms with Gasteiger partial charge in [-0.3, -0.25) is 4.98 Å². The number of fused-ring (bicyclic) bond motifs is 1. The smallest absolute Gasteiger partial charge is 0.0647 e. The molecule has 0 saturated carbocycles. The summed E-state index contributed by atoms with van der Waals surface area (Å²) in [5, 5.41) is 2.30. The van der Waals surface area contributed by atoms with Gasteiger partial charge in [-0.15, -0.1) is 11.6 Å². The zero-order chi connectivity index (χ0) is 9.26. The van der Waals surface area contributed by atoms with Crippen LogP contribution in [0.15, 0.2) is 34.9 Å². The van der Waals surface area contributed by atoms with Crippen LogP contribution < -0.4 is 0 Å². The van der Waals surface area contributed by atoms with Crippen LogP contribution in [0.3, 0.4) is 0 Å². The second-order valence-corrected chi connectivity index (χ2v) is 3.98. The maximum absolute atomic E-state index is 5.69. The molecule has 0 aliphatic heterocycles. The van der Waals surface area contributed by atoms with E-state index in [-0.39, 0.29) is 0 Å². The SMILES string of the molecule is ClCc1cc2ccc(Br)cc2cn1. The lowest BCUT2D eigenvalue weighted by atomic mass is 10.1. The summed E-state index contributed by atoms with van der Waals surface area (Å²) < 4.78 is 1.07. The van der Waals surface area contributed by atoms with E-state index in [0.717, 1.165) is 15.6 Å². The molecule has 1 aromatic heterocycles. The molecule has 0 atom stereocenters. The van der Waals surface area contributed by atoms with Crippen molar-refractivity contribution >= 4 is 38.3 Å². The van der Waals surface area contributed by atoms with Crippen molar-refractivity contribution in [2.24, 2.45) is 0 Å². The summed E-state index contributed by atoms with van der Waals surface area (Å²) in [6.07, 6.45) is 1.85. The lowest BCUT2D eigenvalue weighted by Gasteiger charge is -1.99. The van der Waals surface area contributed by atoms with Gasteiger partial charge in [-0.25, -0.2) is 0 Å². The van der Waals surface area contributed by atoms with Gasteiger partial charge in [0.25, 0.3) is 0 Å². The van der Waals surface area contributed by atoms with Gasteiger partial charge in [-0.2, -0.15) is 0 Å². The van der Waals surface area contributed by atoms with Gasteiger partial charge in [0.05, 0.1) is 11.6 Å². The number of hydrogen-bond acceptors (Lipinski definition) is 1. The van der Waals surface area contributed by atoms with Gasteiger partial charge in [0, 0.05) is 16.1 Å². The summed E-state index contributed by atoms with van der Waals surface area (Å²) >= 11 is 9.10. The van der Waals surface area contributed by atoms with Gasteiger partial charge < -0.3 is 0 Å². The third-order valence-corrected chi connectivity index (χ3v) is 2.64. The number of nitrogens with zero attached hydrogens (tertiary/aromatic N) is 1. The van der Waals surface area contributed by atoms with Gasteiger partial charge in [0.2, 0.25) is 0 Å². The molecule has 13 heavy (non-hydrogen) atoms. The molecule has 2 aromatic rings. The minimum absolute atomic E-state index is 0.464. The van der Waals surface area contributed by atoms with Crippen LogP contribution in [-0.2, 0) is 5.88 Å². The highest BCUT2D eigenvalue weighted by atomic mass is 79.9. The highest BCUT2D eigenvalue weighted by Gasteiger charge is 1.97. The van der Waals surface area contributed by atoms with E-state index >= 15 is 0 Å². The molecular formula is C10H7BrClN. The molecule has 1 aromatic carbocycles. The van der Waals surface area contributed by atoms with Crippen molar-refractivity contribution in [2.45, 2.75) is 5.88 Å². The Bertz CT molecular complexity index is 442. The highest BCUT2D eigenvalue weighted by Crippen LogP contribution is 2.19. The molecule has 66 valence electrons. The molecular weight excluding hydrogens is 249 g/mol. The van der Waals surface area contributed by atoms with Crippen LogP contribution in [0, 0.1) is 0 Å². The van der Waals surface area contributed by atoms with Gasteiger partial charge in [0.1, 0.15) is 0 Å². The summed E-state index contributed by atoms with van der Waals surface area (Å²) in [7, 11) is 0. The van der Waals surface area contributed by atoms with Crippen molar-refractivity contribution in [3.8, 4) is 0 Å². The molecule has 0 unspecified atom stereocenters. The molecule has 2 rings (SSSR count). The molecule has 0 amide bonds. The third kappa shape index (κ3) is 1.84. The highest BCUT2D eigenvalue weighted by molar-refractivity contribution is 9.10. The van der Waals surface area contributed by atoms with Crippen molar-refractivity contribution in [2.75, 3.05) is 0 Å². The normalized spacial score (nSPS) is 10.6. The lowest BCUT2D eigenvalue weighted by molar-refractivity contribution is 1.19. The van der Waals surface area contributed by atoms with Crippen LogP contribution in [0.4, 0.5) is 0 Å². The summed E-state index contributed by atoms with van der Waals surface area (Å²) in [6, 6.07) is 8.12. The van der Waals surface area contributed by atoms with Crippen LogP contribution in [0.5, 0.6) is 0 Å². The maximum Gasteiger partial charge on any atom is 0.0647 e. The minimum atomic E-state index is 0.464. The number of alkyl halides is 1. The van der Waals surface area contributed by atoms with Crippen LogP contribution in [0.25, 0.3) is 10.8 Å². The van der Waals surface area contributed by atoms with Gasteiger partial charge in [0.15, 0.2) is 0 Å². The monoisotopic (exact) mass is 255 g/mol. The number of pyridine rings is 1. The maximum atomic E-state index is 5.69. The van der Waals surface area contributed by atoms with Gasteiger partial charge in [-0.05, 0) is 23.6 Å². The van der Waals surface area contributed by atoms with Gasteiger partial charge >= 0.3 is 0 Å². The summed E-state index contributed by atoms with van der Waals surface area (Å²) in [5.74, 6) is 0.464. The van der Waals surface area contributed by atoms with E-state index in [9.17, 15) is 0 Å². The second kappa shape index (κ2) is 3.64. The predicted octanol–water partition coefficient (Wildman–Crippen LogP) is 3.74. The zero-order valence-corrected chi connectivity index (χ0v) is 9.14. The molecule has 0 spiro atoms. The first-order valence-electron chi connectivity index (χ1n) is 3.90. The van der Waals surface area contributed by atoms with E-state index in [1.807, 2.05) is 24.4 Å². The predicted molar refractivity (Wildman–Crippen MR) is 59.0 cm³/mol. The molecule has 0 N–H and O–H groups in total. The van der Waals surface area contributed by atoms with Gasteiger partial charge in [-0.1, -0.05) is 22.0 Å². The average molecular weight is 257 g/mol. The molecule has 0 aliphatic rings. The Morgan fingerprint density at radius 2 is 2.08 bits per heavy atom. The van der Waals surface area contributed by atoms with Crippen molar-refractivity contribution in [1.29, 1.82) is 0 Å². The zero-order valence-electron chi connectivity index (χ0n) is 6.80. The first kappa shape index (κ1) is 8.97. The second-order valence-electron chi connectivity index (χ2n) is 2.80. The first-order chi connectivity index (χ1) is 6.29. The van der Waals surface area contributed by atoms with Crippen molar-refractivity contribution in [3.05, 3.63) is 40.6 Å². The first-order valence-corrected chi connectivity index (χ1v) is 5.22. The fraction of sp³-hybridized carbons (Fsp3) is 0.100. The van der Waals surface area contributed by atoms with Crippen molar-refractivity contribution < 1.29 is 0 Å². The standard InChI is InChI=1S/C10H7BrClN/c11-9-2-1-7-4-10(5-12)13-6-8(7)3-9/h1-4,6H,5H2. The van der Waals surface area contributed by atoms with Crippen molar-refractivity contribution in [1.82, 2.24) is 4.98 Å². The Kier molecular flexibility index (Phi) is 2.51. The van der Waals surface area contributed by atoms with E-state index in [1.54, 1.807) is 0 Å². The van der Waals surface area contributed by atoms with Crippen LogP contribution in [-0.4, -0.2) is 4.98 Å². The van der Waals surface area contributed by atoms with E-state index in [4.69, 9.17) is 11.6 Å². The number of halogens is 2. The average Bonchev–Trinajstić information content (AvgIpc) is 2.17. The molecule has 3 heteroatoms. The summed E-state index contributed by atoms with van der Waals surface area (Å²) in [6.45, 7) is 0. The lowest BCUT2D eigenvalue weighted by Crippen LogP contribution is -1.84. The Morgan fingerprint density at radius 1 is 1.23 bits per heavy atom. The Labute approximate surface area is 89.9 Å². The van der Waals surface area contributed by atoms with Crippen LogP contribution in [0.2, 0.25) is 0 Å². The largest absolute Gasteiger partial charge is 0.259 e. The Morgan fingerprint density at radius 3 is 2.85 bits per heavy atom. The number of hydrogen-bond donors (Lipinski definition) is 0. The molecule has 0 bridgehead atoms. The molecule has 1 nitrogen and oxygen atoms in total. The van der Waals surface area contributed by atoms with E-state index in [0.29, 0.717) is 5.88 Å². The van der Waals surface area contributed by atoms with Crippen molar-refractivity contribution in [3.63, 3.8) is 0 Å². The fourth-order valence-electron chi connectivity index (χ4n) is 1.23. The van der Waals surface area contributed by atoms with Crippen LogP contribution >= 0.6 is 27.5 Å². The van der Waals surface area contributed by atoms with E-state index in [2.05, 4.69) is 27.0 Å². The fourth-order valence-corrected chi connectivity index (χ4v) is 1.76. The number of rotatable bonds is 1. The topological polar surface area (TPSA) is 12.9 Å². The quantitative estimate of drug-likeness (QED) is 0.708. The molecule has 0 radical (unpaired) electrons. The van der Waals surface area contributed by atoms with E-state index in [1.165, 1.54) is 5.39 Å². The summed E-state index contributed by atoms with van der Waals surface area (Å²) in [5.41, 5.74) is 0.913. The summed E-state index contributed by atoms with van der Waals surface area (Å²) in [4.78, 5) is 4.21. The molecule has 0 fully saturated rings. The third-order valence-electron chi connectivity index (χ3n) is 1.88. The Balaban J connectivity index is 2.66. The number of aromatic nitrogens is 1. The Hall–Kier alpha value is -0.600. The molecule has 1 heterocycles. The minimum Gasteiger partial charge on any atom is -0.259 e. The number of benzene rings is 1. The van der Waals surface area contributed by atoms with Crippen LogP contribution in [0.1, 0.15) is 5.69 Å². The molecule has 0 saturated heterocycles.